The van der Waals surface area contributed by atoms with E-state index in [4.69, 9.17) is 10.6 Å². The summed E-state index contributed by atoms with van der Waals surface area (Å²) in [5, 5.41) is 11.3. The van der Waals surface area contributed by atoms with Crippen molar-refractivity contribution in [3.63, 3.8) is 0 Å². The third kappa shape index (κ3) is 4.15. The predicted molar refractivity (Wildman–Crippen MR) is 103 cm³/mol. The summed E-state index contributed by atoms with van der Waals surface area (Å²) in [5.74, 6) is 7.34. The topological polar surface area (TPSA) is 95.1 Å². The summed E-state index contributed by atoms with van der Waals surface area (Å²) < 4.78 is 6.12. The van der Waals surface area contributed by atoms with Crippen molar-refractivity contribution < 1.29 is 4.74 Å². The molecule has 8 heteroatoms. The molecule has 0 fully saturated rings. The van der Waals surface area contributed by atoms with Gasteiger partial charge in [0.1, 0.15) is 5.75 Å². The monoisotopic (exact) mass is 369 g/mol. The number of methoxy groups -OCH3 is 1. The summed E-state index contributed by atoms with van der Waals surface area (Å²) in [6, 6.07) is 15.2. The Morgan fingerprint density at radius 1 is 1.19 bits per heavy atom. The van der Waals surface area contributed by atoms with Crippen molar-refractivity contribution in [3.8, 4) is 5.75 Å². The highest BCUT2D eigenvalue weighted by Crippen LogP contribution is 2.20. The fourth-order valence-electron chi connectivity index (χ4n) is 2.32. The van der Waals surface area contributed by atoms with E-state index in [1.54, 1.807) is 31.4 Å². The van der Waals surface area contributed by atoms with Gasteiger partial charge in [-0.15, -0.1) is 10.2 Å². The molecule has 0 atom stereocenters. The van der Waals surface area contributed by atoms with Gasteiger partial charge in [0, 0.05) is 11.4 Å². The molecule has 0 aliphatic rings. The maximum Gasteiger partial charge on any atom is 0.315 e. The Balaban J connectivity index is 1.74. The molecule has 3 aromatic rings. The van der Waals surface area contributed by atoms with E-state index in [1.165, 1.54) is 17.3 Å². The van der Waals surface area contributed by atoms with E-state index in [0.717, 1.165) is 16.0 Å². The molecule has 134 valence electrons. The standard InChI is InChI=1S/C18H19N5O2S/c1-12-4-3-5-13(10-12)11-26-18-22-21-16(17(24)23(18)19)20-14-6-8-15(25-2)9-7-14/h3-10H,11,19H2,1-2H3,(H,20,21). The first-order chi connectivity index (χ1) is 12.6. The van der Waals surface area contributed by atoms with E-state index in [9.17, 15) is 4.79 Å². The van der Waals surface area contributed by atoms with Crippen LogP contribution in [0.2, 0.25) is 0 Å². The third-order valence-corrected chi connectivity index (χ3v) is 4.68. The minimum absolute atomic E-state index is 0.0672. The number of aromatic nitrogens is 3. The molecule has 0 aliphatic heterocycles. The summed E-state index contributed by atoms with van der Waals surface area (Å²) in [6.45, 7) is 2.03. The number of benzene rings is 2. The highest BCUT2D eigenvalue weighted by molar-refractivity contribution is 7.98. The molecule has 0 bridgehead atoms. The normalized spacial score (nSPS) is 10.5. The molecule has 0 saturated carbocycles. The van der Waals surface area contributed by atoms with Gasteiger partial charge in [-0.3, -0.25) is 4.79 Å². The lowest BCUT2D eigenvalue weighted by atomic mass is 10.2. The molecule has 1 aromatic heterocycles. The Labute approximate surface area is 155 Å². The van der Waals surface area contributed by atoms with Crippen LogP contribution in [0.15, 0.2) is 58.5 Å². The molecule has 7 nitrogen and oxygen atoms in total. The van der Waals surface area contributed by atoms with Crippen LogP contribution in [-0.2, 0) is 5.75 Å². The molecule has 1 heterocycles. The lowest BCUT2D eigenvalue weighted by Crippen LogP contribution is -2.32. The molecule has 0 saturated heterocycles. The lowest BCUT2D eigenvalue weighted by Gasteiger charge is -2.09. The van der Waals surface area contributed by atoms with E-state index < -0.39 is 5.56 Å². The number of ether oxygens (including phenoxy) is 1. The fraction of sp³-hybridized carbons (Fsp3) is 0.167. The van der Waals surface area contributed by atoms with Gasteiger partial charge in [0.05, 0.1) is 7.11 Å². The average Bonchev–Trinajstić information content (AvgIpc) is 2.65. The van der Waals surface area contributed by atoms with E-state index >= 15 is 0 Å². The second-order valence-corrected chi connectivity index (χ2v) is 6.58. The first-order valence-electron chi connectivity index (χ1n) is 7.91. The Morgan fingerprint density at radius 3 is 2.65 bits per heavy atom. The molecule has 0 unspecified atom stereocenters. The van der Waals surface area contributed by atoms with Gasteiger partial charge in [0.15, 0.2) is 0 Å². The number of nitrogens with one attached hydrogen (secondary N) is 1. The van der Waals surface area contributed by atoms with Crippen molar-refractivity contribution in [2.75, 3.05) is 18.3 Å². The van der Waals surface area contributed by atoms with Gasteiger partial charge < -0.3 is 15.9 Å². The van der Waals surface area contributed by atoms with Crippen LogP contribution in [-0.4, -0.2) is 22.0 Å². The van der Waals surface area contributed by atoms with Crippen LogP contribution in [0.1, 0.15) is 11.1 Å². The van der Waals surface area contributed by atoms with E-state index in [-0.39, 0.29) is 5.82 Å². The summed E-state index contributed by atoms with van der Waals surface area (Å²) in [4.78, 5) is 12.4. The van der Waals surface area contributed by atoms with Crippen molar-refractivity contribution in [2.45, 2.75) is 17.8 Å². The smallest absolute Gasteiger partial charge is 0.315 e. The Morgan fingerprint density at radius 2 is 1.96 bits per heavy atom. The number of aryl methyl sites for hydroxylation is 1. The minimum Gasteiger partial charge on any atom is -0.497 e. The zero-order valence-electron chi connectivity index (χ0n) is 14.5. The first kappa shape index (κ1) is 17.8. The molecular weight excluding hydrogens is 350 g/mol. The van der Waals surface area contributed by atoms with Crippen LogP contribution in [0.4, 0.5) is 11.5 Å². The van der Waals surface area contributed by atoms with Crippen LogP contribution in [0.25, 0.3) is 0 Å². The average molecular weight is 369 g/mol. The molecule has 2 aromatic carbocycles. The molecule has 0 aliphatic carbocycles. The Kier molecular flexibility index (Phi) is 5.43. The Bertz CT molecular complexity index is 957. The molecule has 0 amide bonds. The number of nitrogen functional groups attached to an aromatic ring is 1. The second-order valence-electron chi connectivity index (χ2n) is 5.64. The number of hydrogen-bond acceptors (Lipinski definition) is 7. The highest BCUT2D eigenvalue weighted by atomic mass is 32.2. The number of hydrogen-bond donors (Lipinski definition) is 2. The quantitative estimate of drug-likeness (QED) is 0.509. The van der Waals surface area contributed by atoms with Gasteiger partial charge >= 0.3 is 5.56 Å². The molecule has 0 spiro atoms. The highest BCUT2D eigenvalue weighted by Gasteiger charge is 2.11. The second kappa shape index (κ2) is 7.92. The van der Waals surface area contributed by atoms with Gasteiger partial charge in [-0.1, -0.05) is 41.6 Å². The summed E-state index contributed by atoms with van der Waals surface area (Å²) in [5.41, 5.74) is 2.56. The van der Waals surface area contributed by atoms with Crippen LogP contribution < -0.4 is 21.5 Å². The molecule has 3 N–H and O–H groups in total. The zero-order valence-corrected chi connectivity index (χ0v) is 15.3. The summed E-state index contributed by atoms with van der Waals surface area (Å²) in [6.07, 6.45) is 0. The number of rotatable bonds is 6. The van der Waals surface area contributed by atoms with Crippen molar-refractivity contribution >= 4 is 23.3 Å². The van der Waals surface area contributed by atoms with Crippen LogP contribution in [0.5, 0.6) is 5.75 Å². The Hall–Kier alpha value is -3.00. The SMILES string of the molecule is COc1ccc(Nc2nnc(SCc3cccc(C)c3)n(N)c2=O)cc1. The zero-order chi connectivity index (χ0) is 18.5. The van der Waals surface area contributed by atoms with E-state index in [1.807, 2.05) is 25.1 Å². The predicted octanol–water partition coefficient (Wildman–Crippen LogP) is 2.71. The third-order valence-electron chi connectivity index (χ3n) is 3.67. The number of nitrogens with zero attached hydrogens (tertiary/aromatic N) is 3. The number of anilines is 2. The molecular formula is C18H19N5O2S. The van der Waals surface area contributed by atoms with Crippen molar-refractivity contribution in [2.24, 2.45) is 0 Å². The van der Waals surface area contributed by atoms with Crippen LogP contribution in [0, 0.1) is 6.92 Å². The van der Waals surface area contributed by atoms with Gasteiger partial charge in [-0.25, -0.2) is 0 Å². The van der Waals surface area contributed by atoms with Crippen molar-refractivity contribution in [1.82, 2.24) is 14.9 Å². The van der Waals surface area contributed by atoms with E-state index in [2.05, 4.69) is 21.6 Å². The maximum absolute atomic E-state index is 12.4. The largest absolute Gasteiger partial charge is 0.497 e. The number of thioether (sulfide) groups is 1. The summed E-state index contributed by atoms with van der Waals surface area (Å²) in [7, 11) is 1.59. The lowest BCUT2D eigenvalue weighted by molar-refractivity contribution is 0.415. The number of nitrogens with two attached hydrogens (primary N) is 1. The van der Waals surface area contributed by atoms with Crippen molar-refractivity contribution in [3.05, 3.63) is 70.0 Å². The molecule has 3 rings (SSSR count). The first-order valence-corrected chi connectivity index (χ1v) is 8.89. The fourth-order valence-corrected chi connectivity index (χ4v) is 3.12. The van der Waals surface area contributed by atoms with Crippen LogP contribution in [0.3, 0.4) is 0 Å². The van der Waals surface area contributed by atoms with Gasteiger partial charge in [0.2, 0.25) is 11.0 Å². The summed E-state index contributed by atoms with van der Waals surface area (Å²) >= 11 is 1.36. The van der Waals surface area contributed by atoms with E-state index in [0.29, 0.717) is 16.6 Å². The van der Waals surface area contributed by atoms with Crippen LogP contribution >= 0.6 is 11.8 Å². The van der Waals surface area contributed by atoms with Crippen molar-refractivity contribution in [1.29, 1.82) is 0 Å². The minimum atomic E-state index is -0.442. The van der Waals surface area contributed by atoms with Gasteiger partial charge in [-0.05, 0) is 36.8 Å². The molecule has 26 heavy (non-hydrogen) atoms. The maximum atomic E-state index is 12.4. The van der Waals surface area contributed by atoms with Gasteiger partial charge in [-0.2, -0.15) is 4.68 Å². The molecule has 0 radical (unpaired) electrons. The van der Waals surface area contributed by atoms with Gasteiger partial charge in [0.25, 0.3) is 0 Å².